The standard InChI is InChI=1S/C17H27N5O2.C2HF3O2/c23-17(21-7-1-2-8-21)13-24-12-15-16-11-20(10-14-4-5-14)6-3-9-22(16)19-18-15;3-2(4,5)1(6)7/h14H,1-13H2;(H,6,7). The van der Waals surface area contributed by atoms with Gasteiger partial charge in [-0.15, -0.1) is 5.10 Å². The Hall–Kier alpha value is -2.21. The summed E-state index contributed by atoms with van der Waals surface area (Å²) in [5, 5.41) is 15.7. The molecule has 2 aliphatic heterocycles. The number of halogens is 3. The van der Waals surface area contributed by atoms with Gasteiger partial charge in [0.15, 0.2) is 0 Å². The Balaban J connectivity index is 0.000000339. The molecule has 9 nitrogen and oxygen atoms in total. The average Bonchev–Trinajstić information content (AvgIpc) is 3.26. The molecular weight excluding hydrogens is 419 g/mol. The average molecular weight is 447 g/mol. The number of hydrogen-bond donors (Lipinski definition) is 1. The van der Waals surface area contributed by atoms with Gasteiger partial charge in [-0.2, -0.15) is 13.2 Å². The SMILES string of the molecule is O=C(COCc1nnn2c1CN(CC1CC1)CCC2)N1CCCC1.O=C(O)C(F)(F)F. The lowest BCUT2D eigenvalue weighted by molar-refractivity contribution is -0.192. The van der Waals surface area contributed by atoms with Crippen LogP contribution >= 0.6 is 0 Å². The van der Waals surface area contributed by atoms with Crippen molar-refractivity contribution in [1.82, 2.24) is 24.8 Å². The lowest BCUT2D eigenvalue weighted by Crippen LogP contribution is -2.31. The lowest BCUT2D eigenvalue weighted by Gasteiger charge is -2.19. The Morgan fingerprint density at radius 2 is 1.77 bits per heavy atom. The molecule has 0 spiro atoms. The molecule has 174 valence electrons. The highest BCUT2D eigenvalue weighted by Crippen LogP contribution is 2.30. The molecule has 1 saturated heterocycles. The van der Waals surface area contributed by atoms with Crippen LogP contribution in [0.3, 0.4) is 0 Å². The van der Waals surface area contributed by atoms with Crippen molar-refractivity contribution in [1.29, 1.82) is 0 Å². The van der Waals surface area contributed by atoms with Crippen LogP contribution in [0.4, 0.5) is 13.2 Å². The van der Waals surface area contributed by atoms with E-state index >= 15 is 0 Å². The van der Waals surface area contributed by atoms with E-state index in [1.807, 2.05) is 9.58 Å². The highest BCUT2D eigenvalue weighted by atomic mass is 19.4. The number of fused-ring (bicyclic) bond motifs is 1. The van der Waals surface area contributed by atoms with Gasteiger partial charge in [-0.05, 0) is 38.0 Å². The number of alkyl halides is 3. The van der Waals surface area contributed by atoms with Crippen molar-refractivity contribution in [2.45, 2.75) is 58.0 Å². The molecule has 0 unspecified atom stereocenters. The number of rotatable bonds is 6. The third-order valence-electron chi connectivity index (χ3n) is 5.51. The highest BCUT2D eigenvalue weighted by molar-refractivity contribution is 5.77. The number of carboxylic acids is 1. The van der Waals surface area contributed by atoms with Gasteiger partial charge in [-0.1, -0.05) is 5.21 Å². The molecule has 3 heterocycles. The molecule has 4 rings (SSSR count). The number of nitrogens with zero attached hydrogens (tertiary/aromatic N) is 5. The number of ether oxygens (including phenoxy) is 1. The summed E-state index contributed by atoms with van der Waals surface area (Å²) in [6.45, 7) is 6.44. The quantitative estimate of drug-likeness (QED) is 0.708. The smallest absolute Gasteiger partial charge is 0.475 e. The maximum Gasteiger partial charge on any atom is 0.490 e. The van der Waals surface area contributed by atoms with Crippen LogP contribution in [0.2, 0.25) is 0 Å². The number of aromatic nitrogens is 3. The monoisotopic (exact) mass is 447 g/mol. The second-order valence-corrected chi connectivity index (χ2v) is 8.12. The summed E-state index contributed by atoms with van der Waals surface area (Å²) in [7, 11) is 0. The first-order chi connectivity index (χ1) is 14.7. The molecular formula is C19H28F3N5O4. The number of carbonyl (C=O) groups is 2. The fraction of sp³-hybridized carbons (Fsp3) is 0.789. The Labute approximate surface area is 178 Å². The maximum atomic E-state index is 12.0. The Morgan fingerprint density at radius 3 is 2.39 bits per heavy atom. The molecule has 1 N–H and O–H groups in total. The summed E-state index contributed by atoms with van der Waals surface area (Å²) < 4.78 is 39.4. The van der Waals surface area contributed by atoms with E-state index in [1.165, 1.54) is 25.1 Å². The summed E-state index contributed by atoms with van der Waals surface area (Å²) in [4.78, 5) is 25.4. The van der Waals surface area contributed by atoms with Crippen molar-refractivity contribution in [3.8, 4) is 0 Å². The zero-order valence-electron chi connectivity index (χ0n) is 17.3. The molecule has 1 aromatic rings. The van der Waals surface area contributed by atoms with E-state index in [9.17, 15) is 18.0 Å². The molecule has 12 heteroatoms. The third-order valence-corrected chi connectivity index (χ3v) is 5.51. The summed E-state index contributed by atoms with van der Waals surface area (Å²) >= 11 is 0. The van der Waals surface area contributed by atoms with E-state index in [0.717, 1.165) is 63.6 Å². The molecule has 1 aliphatic carbocycles. The number of likely N-dealkylation sites (tertiary alicyclic amines) is 1. The normalized spacial score (nSPS) is 19.4. The topological polar surface area (TPSA) is 101 Å². The molecule has 0 bridgehead atoms. The highest BCUT2D eigenvalue weighted by Gasteiger charge is 2.38. The summed E-state index contributed by atoms with van der Waals surface area (Å²) in [6, 6.07) is 0. The molecule has 0 radical (unpaired) electrons. The zero-order chi connectivity index (χ0) is 22.4. The lowest BCUT2D eigenvalue weighted by atomic mass is 10.3. The fourth-order valence-corrected chi connectivity index (χ4v) is 3.68. The molecule has 1 saturated carbocycles. The minimum Gasteiger partial charge on any atom is -0.475 e. The van der Waals surface area contributed by atoms with E-state index in [2.05, 4.69) is 15.2 Å². The van der Waals surface area contributed by atoms with Crippen LogP contribution in [0.5, 0.6) is 0 Å². The number of amides is 1. The molecule has 1 aromatic heterocycles. The number of aliphatic carboxylic acids is 1. The minimum absolute atomic E-state index is 0.0983. The van der Waals surface area contributed by atoms with Gasteiger partial charge in [0.25, 0.3) is 0 Å². The Morgan fingerprint density at radius 1 is 1.10 bits per heavy atom. The van der Waals surface area contributed by atoms with Gasteiger partial charge in [0.05, 0.1) is 12.3 Å². The van der Waals surface area contributed by atoms with Gasteiger partial charge in [-0.25, -0.2) is 9.48 Å². The van der Waals surface area contributed by atoms with Crippen molar-refractivity contribution in [2.75, 3.05) is 32.8 Å². The first-order valence-electron chi connectivity index (χ1n) is 10.5. The van der Waals surface area contributed by atoms with Crippen LogP contribution in [-0.4, -0.2) is 80.7 Å². The maximum absolute atomic E-state index is 12.0. The van der Waals surface area contributed by atoms with Crippen LogP contribution in [0.1, 0.15) is 43.5 Å². The largest absolute Gasteiger partial charge is 0.490 e. The van der Waals surface area contributed by atoms with Crippen molar-refractivity contribution < 1.29 is 32.6 Å². The number of carbonyl (C=O) groups excluding carboxylic acids is 1. The number of hydrogen-bond acceptors (Lipinski definition) is 6. The third kappa shape index (κ3) is 7.17. The van der Waals surface area contributed by atoms with E-state index in [-0.39, 0.29) is 12.5 Å². The van der Waals surface area contributed by atoms with Gasteiger partial charge in [0, 0.05) is 39.3 Å². The first kappa shape index (κ1) is 23.5. The summed E-state index contributed by atoms with van der Waals surface area (Å²) in [5.74, 6) is -1.76. The molecule has 0 atom stereocenters. The van der Waals surface area contributed by atoms with E-state index in [1.54, 1.807) is 0 Å². The summed E-state index contributed by atoms with van der Waals surface area (Å²) in [6.07, 6.45) is 1.02. The van der Waals surface area contributed by atoms with Gasteiger partial charge < -0.3 is 14.7 Å². The Kier molecular flexibility index (Phi) is 7.87. The molecule has 31 heavy (non-hydrogen) atoms. The van der Waals surface area contributed by atoms with E-state index < -0.39 is 12.1 Å². The van der Waals surface area contributed by atoms with Gasteiger partial charge in [0.1, 0.15) is 12.3 Å². The van der Waals surface area contributed by atoms with Crippen LogP contribution in [0, 0.1) is 5.92 Å². The molecule has 0 aromatic carbocycles. The van der Waals surface area contributed by atoms with Crippen molar-refractivity contribution >= 4 is 11.9 Å². The van der Waals surface area contributed by atoms with E-state index in [4.69, 9.17) is 14.6 Å². The fourth-order valence-electron chi connectivity index (χ4n) is 3.68. The molecule has 3 aliphatic rings. The van der Waals surface area contributed by atoms with Crippen LogP contribution in [0.15, 0.2) is 0 Å². The van der Waals surface area contributed by atoms with Crippen molar-refractivity contribution in [3.63, 3.8) is 0 Å². The van der Waals surface area contributed by atoms with Crippen molar-refractivity contribution in [3.05, 3.63) is 11.4 Å². The van der Waals surface area contributed by atoms with Crippen LogP contribution in [-0.2, 0) is 34.0 Å². The summed E-state index contributed by atoms with van der Waals surface area (Å²) in [5.41, 5.74) is 2.06. The second-order valence-electron chi connectivity index (χ2n) is 8.12. The predicted molar refractivity (Wildman–Crippen MR) is 102 cm³/mol. The molecule has 2 fully saturated rings. The van der Waals surface area contributed by atoms with Gasteiger partial charge >= 0.3 is 12.1 Å². The Bertz CT molecular complexity index is 760. The number of aryl methyl sites for hydroxylation is 1. The number of carboxylic acid groups (broad SMARTS) is 1. The second kappa shape index (κ2) is 10.4. The van der Waals surface area contributed by atoms with Gasteiger partial charge in [0.2, 0.25) is 5.91 Å². The van der Waals surface area contributed by atoms with Crippen molar-refractivity contribution in [2.24, 2.45) is 5.92 Å². The van der Waals surface area contributed by atoms with E-state index in [0.29, 0.717) is 6.61 Å². The van der Waals surface area contributed by atoms with Crippen LogP contribution in [0.25, 0.3) is 0 Å². The minimum atomic E-state index is -5.08. The zero-order valence-corrected chi connectivity index (χ0v) is 17.3. The van der Waals surface area contributed by atoms with Gasteiger partial charge in [-0.3, -0.25) is 9.69 Å². The molecule has 1 amide bonds. The van der Waals surface area contributed by atoms with Crippen LogP contribution < -0.4 is 0 Å². The predicted octanol–water partition coefficient (Wildman–Crippen LogP) is 1.67. The first-order valence-corrected chi connectivity index (χ1v) is 10.5.